The second kappa shape index (κ2) is 7.17. The molecule has 1 aliphatic rings. The number of hydrogen-bond donors (Lipinski definition) is 1. The van der Waals surface area contributed by atoms with Crippen molar-refractivity contribution in [3.63, 3.8) is 0 Å². The Kier molecular flexibility index (Phi) is 5.54. The van der Waals surface area contributed by atoms with Crippen LogP contribution in [0.5, 0.6) is 0 Å². The summed E-state index contributed by atoms with van der Waals surface area (Å²) in [5.74, 6) is 0.774. The zero-order valence-electron chi connectivity index (χ0n) is 11.0. The van der Waals surface area contributed by atoms with E-state index in [1.54, 1.807) is 11.8 Å². The van der Waals surface area contributed by atoms with Crippen LogP contribution in [0, 0.1) is 6.92 Å². The van der Waals surface area contributed by atoms with Crippen LogP contribution in [0.3, 0.4) is 0 Å². The van der Waals surface area contributed by atoms with Crippen LogP contribution in [0.1, 0.15) is 31.2 Å². The van der Waals surface area contributed by atoms with Gasteiger partial charge in [-0.25, -0.2) is 0 Å². The minimum absolute atomic E-state index is 0.222. The predicted molar refractivity (Wildman–Crippen MR) is 76.1 cm³/mol. The summed E-state index contributed by atoms with van der Waals surface area (Å²) in [5.41, 5.74) is 1.27. The van der Waals surface area contributed by atoms with E-state index in [0.29, 0.717) is 6.10 Å². The second-order valence-corrected chi connectivity index (χ2v) is 6.09. The minimum atomic E-state index is -0.222. The van der Waals surface area contributed by atoms with E-state index in [9.17, 15) is 5.11 Å². The van der Waals surface area contributed by atoms with E-state index in [-0.39, 0.29) is 6.10 Å². The van der Waals surface area contributed by atoms with Gasteiger partial charge in [0.25, 0.3) is 0 Å². The molecule has 0 spiro atoms. The van der Waals surface area contributed by atoms with Gasteiger partial charge in [-0.2, -0.15) is 0 Å². The number of rotatable bonds is 6. The lowest BCUT2D eigenvalue weighted by molar-refractivity contribution is 0.0861. The Hall–Kier alpha value is -0.510. The van der Waals surface area contributed by atoms with Crippen molar-refractivity contribution in [3.8, 4) is 0 Å². The van der Waals surface area contributed by atoms with Crippen molar-refractivity contribution in [2.24, 2.45) is 0 Å². The van der Waals surface area contributed by atoms with Gasteiger partial charge in [-0.3, -0.25) is 0 Å². The molecule has 3 heteroatoms. The van der Waals surface area contributed by atoms with Gasteiger partial charge in [0.15, 0.2) is 0 Å². The molecule has 1 fully saturated rings. The van der Waals surface area contributed by atoms with Crippen LogP contribution in [0.15, 0.2) is 29.2 Å². The number of aliphatic hydroxyl groups is 1. The normalized spacial score (nSPS) is 21.1. The van der Waals surface area contributed by atoms with Crippen molar-refractivity contribution >= 4 is 11.8 Å². The quantitative estimate of drug-likeness (QED) is 0.800. The average molecular weight is 266 g/mol. The average Bonchev–Trinajstić information content (AvgIpc) is 2.87. The van der Waals surface area contributed by atoms with Crippen molar-refractivity contribution in [1.82, 2.24) is 0 Å². The molecule has 2 atom stereocenters. The van der Waals surface area contributed by atoms with Crippen LogP contribution >= 0.6 is 11.8 Å². The molecule has 2 rings (SSSR count). The van der Waals surface area contributed by atoms with Crippen LogP contribution in [-0.2, 0) is 4.74 Å². The molecule has 1 heterocycles. The van der Waals surface area contributed by atoms with E-state index in [2.05, 4.69) is 31.2 Å². The highest BCUT2D eigenvalue weighted by Gasteiger charge is 2.16. The van der Waals surface area contributed by atoms with Crippen molar-refractivity contribution in [2.75, 3.05) is 12.4 Å². The molecule has 0 amide bonds. The van der Waals surface area contributed by atoms with Gasteiger partial charge in [0.2, 0.25) is 0 Å². The summed E-state index contributed by atoms with van der Waals surface area (Å²) in [6, 6.07) is 8.43. The number of thioether (sulfide) groups is 1. The van der Waals surface area contributed by atoms with Crippen LogP contribution in [-0.4, -0.2) is 29.7 Å². The first-order valence-electron chi connectivity index (χ1n) is 6.73. The summed E-state index contributed by atoms with van der Waals surface area (Å²) >= 11 is 1.73. The zero-order valence-corrected chi connectivity index (χ0v) is 11.8. The Morgan fingerprint density at radius 1 is 1.50 bits per heavy atom. The first-order chi connectivity index (χ1) is 8.74. The summed E-state index contributed by atoms with van der Waals surface area (Å²) in [6.45, 7) is 3.00. The lowest BCUT2D eigenvalue weighted by atomic mass is 10.1. The van der Waals surface area contributed by atoms with Crippen LogP contribution in [0.25, 0.3) is 0 Å². The maximum absolute atomic E-state index is 9.96. The van der Waals surface area contributed by atoms with E-state index >= 15 is 0 Å². The van der Waals surface area contributed by atoms with Gasteiger partial charge in [0, 0.05) is 17.3 Å². The van der Waals surface area contributed by atoms with Gasteiger partial charge < -0.3 is 9.84 Å². The number of aryl methyl sites for hydroxylation is 1. The van der Waals surface area contributed by atoms with Crippen molar-refractivity contribution in [1.29, 1.82) is 0 Å². The Balaban J connectivity index is 1.66. The summed E-state index contributed by atoms with van der Waals surface area (Å²) in [5, 5.41) is 9.96. The van der Waals surface area contributed by atoms with E-state index < -0.39 is 0 Å². The SMILES string of the molecule is Cc1cccc(SCC(O)CCC2CCCO2)c1. The summed E-state index contributed by atoms with van der Waals surface area (Å²) in [4.78, 5) is 1.24. The summed E-state index contributed by atoms with van der Waals surface area (Å²) in [7, 11) is 0. The monoisotopic (exact) mass is 266 g/mol. The number of ether oxygens (including phenoxy) is 1. The standard InChI is InChI=1S/C15H22O2S/c1-12-4-2-6-15(10-12)18-11-13(16)7-8-14-5-3-9-17-14/h2,4,6,10,13-14,16H,3,5,7-9,11H2,1H3. The smallest absolute Gasteiger partial charge is 0.0635 e. The minimum Gasteiger partial charge on any atom is -0.392 e. The third kappa shape index (κ3) is 4.63. The highest BCUT2D eigenvalue weighted by molar-refractivity contribution is 7.99. The fourth-order valence-corrected chi connectivity index (χ4v) is 3.23. The molecule has 0 saturated carbocycles. The van der Waals surface area contributed by atoms with Gasteiger partial charge in [0.1, 0.15) is 0 Å². The van der Waals surface area contributed by atoms with E-state index in [1.807, 2.05) is 0 Å². The second-order valence-electron chi connectivity index (χ2n) is 4.99. The molecule has 1 aliphatic heterocycles. The van der Waals surface area contributed by atoms with Gasteiger partial charge in [-0.1, -0.05) is 17.7 Å². The first-order valence-corrected chi connectivity index (χ1v) is 7.72. The van der Waals surface area contributed by atoms with Gasteiger partial charge in [0.05, 0.1) is 12.2 Å². The Labute approximate surface area is 114 Å². The molecule has 1 aromatic carbocycles. The summed E-state index contributed by atoms with van der Waals surface area (Å²) < 4.78 is 5.56. The van der Waals surface area contributed by atoms with Crippen LogP contribution in [0.2, 0.25) is 0 Å². The highest BCUT2D eigenvalue weighted by atomic mass is 32.2. The maximum atomic E-state index is 9.96. The zero-order chi connectivity index (χ0) is 12.8. The molecule has 100 valence electrons. The van der Waals surface area contributed by atoms with Crippen molar-refractivity contribution in [2.45, 2.75) is 49.7 Å². The van der Waals surface area contributed by atoms with Gasteiger partial charge in [-0.05, 0) is 44.7 Å². The number of benzene rings is 1. The molecule has 0 aromatic heterocycles. The third-order valence-electron chi connectivity index (χ3n) is 3.28. The molecule has 18 heavy (non-hydrogen) atoms. The Morgan fingerprint density at radius 2 is 2.39 bits per heavy atom. The lowest BCUT2D eigenvalue weighted by Crippen LogP contribution is -2.14. The van der Waals surface area contributed by atoms with Gasteiger partial charge >= 0.3 is 0 Å². The molecule has 1 saturated heterocycles. The number of hydrogen-bond acceptors (Lipinski definition) is 3. The number of aliphatic hydroxyl groups excluding tert-OH is 1. The lowest BCUT2D eigenvalue weighted by Gasteiger charge is -2.13. The molecule has 2 nitrogen and oxygen atoms in total. The highest BCUT2D eigenvalue weighted by Crippen LogP contribution is 2.22. The fraction of sp³-hybridized carbons (Fsp3) is 0.600. The molecular weight excluding hydrogens is 244 g/mol. The molecule has 0 radical (unpaired) electrons. The van der Waals surface area contributed by atoms with E-state index in [4.69, 9.17) is 4.74 Å². The van der Waals surface area contributed by atoms with E-state index in [0.717, 1.165) is 31.6 Å². The van der Waals surface area contributed by atoms with Crippen LogP contribution < -0.4 is 0 Å². The third-order valence-corrected chi connectivity index (χ3v) is 4.42. The Morgan fingerprint density at radius 3 is 3.11 bits per heavy atom. The van der Waals surface area contributed by atoms with Gasteiger partial charge in [-0.15, -0.1) is 11.8 Å². The molecule has 1 N–H and O–H groups in total. The largest absolute Gasteiger partial charge is 0.392 e. The van der Waals surface area contributed by atoms with Crippen molar-refractivity contribution in [3.05, 3.63) is 29.8 Å². The molecular formula is C15H22O2S. The molecule has 1 aromatic rings. The summed E-state index contributed by atoms with van der Waals surface area (Å²) in [6.07, 6.45) is 4.36. The predicted octanol–water partition coefficient (Wildman–Crippen LogP) is 3.41. The molecule has 2 unspecified atom stereocenters. The molecule has 0 aliphatic carbocycles. The van der Waals surface area contributed by atoms with Crippen LogP contribution in [0.4, 0.5) is 0 Å². The maximum Gasteiger partial charge on any atom is 0.0635 e. The van der Waals surface area contributed by atoms with E-state index in [1.165, 1.54) is 16.9 Å². The Bertz CT molecular complexity index is 361. The topological polar surface area (TPSA) is 29.5 Å². The molecule has 0 bridgehead atoms. The van der Waals surface area contributed by atoms with Crippen molar-refractivity contribution < 1.29 is 9.84 Å². The first kappa shape index (κ1) is 13.9. The fourth-order valence-electron chi connectivity index (χ4n) is 2.23.